The van der Waals surface area contributed by atoms with Crippen molar-refractivity contribution in [2.45, 2.75) is 18.6 Å². The van der Waals surface area contributed by atoms with Crippen LogP contribution in [0, 0.1) is 0 Å². The van der Waals surface area contributed by atoms with E-state index in [1.807, 2.05) is 12.1 Å². The number of anilines is 1. The van der Waals surface area contributed by atoms with E-state index >= 15 is 0 Å². The van der Waals surface area contributed by atoms with E-state index < -0.39 is 6.10 Å². The Bertz CT molecular complexity index is 369. The van der Waals surface area contributed by atoms with E-state index in [4.69, 9.17) is 4.74 Å². The molecule has 3 rings (SSSR count). The maximum absolute atomic E-state index is 9.96. The largest absolute Gasteiger partial charge is 0.387 e. The average Bonchev–Trinajstić information content (AvgIpc) is 2.30. The Morgan fingerprint density at radius 2 is 2.47 bits per heavy atom. The third-order valence-corrected chi connectivity index (χ3v) is 3.16. The summed E-state index contributed by atoms with van der Waals surface area (Å²) in [5, 5.41) is 9.96. The fourth-order valence-corrected chi connectivity index (χ4v) is 2.45. The molecule has 2 aliphatic rings. The summed E-state index contributed by atoms with van der Waals surface area (Å²) in [6.45, 7) is 2.38. The van der Waals surface area contributed by atoms with Gasteiger partial charge in [-0.2, -0.15) is 0 Å². The van der Waals surface area contributed by atoms with Gasteiger partial charge in [-0.3, -0.25) is 4.98 Å². The number of aromatic nitrogens is 1. The molecular formula is C11H14N2O2. The topological polar surface area (TPSA) is 45.6 Å². The molecule has 1 aromatic rings. The fraction of sp³-hybridized carbons (Fsp3) is 0.545. The summed E-state index contributed by atoms with van der Waals surface area (Å²) in [7, 11) is 0. The highest BCUT2D eigenvalue weighted by molar-refractivity contribution is 5.54. The first-order valence-corrected chi connectivity index (χ1v) is 5.33. The van der Waals surface area contributed by atoms with E-state index in [1.165, 1.54) is 0 Å². The molecule has 1 fully saturated rings. The lowest BCUT2D eigenvalue weighted by molar-refractivity contribution is 0.0596. The number of rotatable bonds is 0. The van der Waals surface area contributed by atoms with Gasteiger partial charge in [0.15, 0.2) is 0 Å². The Morgan fingerprint density at radius 3 is 3.40 bits per heavy atom. The van der Waals surface area contributed by atoms with Gasteiger partial charge in [0.25, 0.3) is 0 Å². The maximum Gasteiger partial charge on any atom is 0.100 e. The first-order chi connectivity index (χ1) is 7.36. The Labute approximate surface area is 88.5 Å². The number of aliphatic hydroxyl groups is 1. The number of pyridine rings is 1. The number of ether oxygens (including phenoxy) is 1. The molecule has 2 atom stereocenters. The van der Waals surface area contributed by atoms with Gasteiger partial charge in [0.2, 0.25) is 0 Å². The Kier molecular flexibility index (Phi) is 2.11. The number of morpholine rings is 1. The molecule has 0 spiro atoms. The SMILES string of the molecule is OC1CC2COCCN2c2cccnc21. The van der Waals surface area contributed by atoms with Gasteiger partial charge in [0, 0.05) is 19.2 Å². The standard InChI is InChI=1S/C11H14N2O2/c14-10-6-8-7-15-5-4-13(8)9-2-1-3-12-11(9)10/h1-3,8,10,14H,4-7H2. The zero-order chi connectivity index (χ0) is 10.3. The van der Waals surface area contributed by atoms with Crippen LogP contribution in [0.1, 0.15) is 18.2 Å². The molecule has 0 amide bonds. The molecule has 3 heterocycles. The second-order valence-electron chi connectivity index (χ2n) is 4.08. The number of fused-ring (bicyclic) bond motifs is 3. The predicted octanol–water partition coefficient (Wildman–Crippen LogP) is 0.724. The monoisotopic (exact) mass is 206 g/mol. The van der Waals surface area contributed by atoms with Crippen LogP contribution in [0.5, 0.6) is 0 Å². The van der Waals surface area contributed by atoms with Crippen LogP contribution in [-0.4, -0.2) is 35.9 Å². The summed E-state index contributed by atoms with van der Waals surface area (Å²) < 4.78 is 5.43. The van der Waals surface area contributed by atoms with Gasteiger partial charge in [-0.1, -0.05) is 0 Å². The quantitative estimate of drug-likeness (QED) is 0.679. The van der Waals surface area contributed by atoms with Crippen LogP contribution >= 0.6 is 0 Å². The minimum absolute atomic E-state index is 0.311. The van der Waals surface area contributed by atoms with E-state index in [-0.39, 0.29) is 0 Å². The number of aliphatic hydroxyl groups excluding tert-OH is 1. The molecule has 4 nitrogen and oxygen atoms in total. The van der Waals surface area contributed by atoms with Crippen LogP contribution in [0.25, 0.3) is 0 Å². The van der Waals surface area contributed by atoms with E-state index in [9.17, 15) is 5.11 Å². The highest BCUT2D eigenvalue weighted by atomic mass is 16.5. The Balaban J connectivity index is 2.03. The number of nitrogens with zero attached hydrogens (tertiary/aromatic N) is 2. The second kappa shape index (κ2) is 3.47. The van der Waals surface area contributed by atoms with Crippen LogP contribution in [0.15, 0.2) is 18.3 Å². The minimum Gasteiger partial charge on any atom is -0.387 e. The van der Waals surface area contributed by atoms with Crippen LogP contribution in [0.3, 0.4) is 0 Å². The van der Waals surface area contributed by atoms with E-state index in [2.05, 4.69) is 9.88 Å². The molecule has 0 aromatic carbocycles. The van der Waals surface area contributed by atoms with E-state index in [0.717, 1.165) is 31.0 Å². The van der Waals surface area contributed by atoms with Gasteiger partial charge in [0.05, 0.1) is 30.6 Å². The number of hydrogen-bond acceptors (Lipinski definition) is 4. The zero-order valence-electron chi connectivity index (χ0n) is 8.47. The molecule has 0 aliphatic carbocycles. The molecule has 2 aliphatic heterocycles. The van der Waals surface area contributed by atoms with Crippen LogP contribution in [0.2, 0.25) is 0 Å². The van der Waals surface area contributed by atoms with Gasteiger partial charge in [-0.25, -0.2) is 0 Å². The van der Waals surface area contributed by atoms with Crippen molar-refractivity contribution < 1.29 is 9.84 Å². The third-order valence-electron chi connectivity index (χ3n) is 3.16. The van der Waals surface area contributed by atoms with Crippen molar-refractivity contribution in [1.82, 2.24) is 4.98 Å². The van der Waals surface area contributed by atoms with Gasteiger partial charge in [0.1, 0.15) is 6.10 Å². The van der Waals surface area contributed by atoms with Crippen molar-refractivity contribution in [3.8, 4) is 0 Å². The first-order valence-electron chi connectivity index (χ1n) is 5.33. The molecule has 15 heavy (non-hydrogen) atoms. The van der Waals surface area contributed by atoms with E-state index in [1.54, 1.807) is 6.20 Å². The zero-order valence-corrected chi connectivity index (χ0v) is 8.47. The molecule has 80 valence electrons. The van der Waals surface area contributed by atoms with Crippen LogP contribution in [-0.2, 0) is 4.74 Å². The molecule has 1 aromatic heterocycles. The van der Waals surface area contributed by atoms with Crippen LogP contribution in [0.4, 0.5) is 5.69 Å². The lowest BCUT2D eigenvalue weighted by Crippen LogP contribution is -2.49. The molecule has 0 saturated carbocycles. The lowest BCUT2D eigenvalue weighted by atomic mass is 9.97. The summed E-state index contributed by atoms with van der Waals surface area (Å²) in [6, 6.07) is 4.26. The molecule has 1 saturated heterocycles. The Hall–Kier alpha value is -1.13. The van der Waals surface area contributed by atoms with E-state index in [0.29, 0.717) is 12.6 Å². The van der Waals surface area contributed by atoms with Crippen molar-refractivity contribution in [3.05, 3.63) is 24.0 Å². The predicted molar refractivity (Wildman–Crippen MR) is 55.8 cm³/mol. The summed E-state index contributed by atoms with van der Waals surface area (Å²) in [6.07, 6.45) is 2.02. The maximum atomic E-state index is 9.96. The van der Waals surface area contributed by atoms with Crippen LogP contribution < -0.4 is 4.90 Å². The molecule has 2 unspecified atom stereocenters. The number of hydrogen-bond donors (Lipinski definition) is 1. The fourth-order valence-electron chi connectivity index (χ4n) is 2.45. The van der Waals surface area contributed by atoms with Crippen molar-refractivity contribution in [1.29, 1.82) is 0 Å². The lowest BCUT2D eigenvalue weighted by Gasteiger charge is -2.42. The molecule has 4 heteroatoms. The Morgan fingerprint density at radius 1 is 1.53 bits per heavy atom. The average molecular weight is 206 g/mol. The van der Waals surface area contributed by atoms with Gasteiger partial charge < -0.3 is 14.7 Å². The second-order valence-corrected chi connectivity index (χ2v) is 4.08. The van der Waals surface area contributed by atoms with Gasteiger partial charge in [-0.05, 0) is 12.1 Å². The third kappa shape index (κ3) is 1.41. The summed E-state index contributed by atoms with van der Waals surface area (Å²) in [5.41, 5.74) is 1.89. The highest BCUT2D eigenvalue weighted by Crippen LogP contribution is 2.36. The van der Waals surface area contributed by atoms with Gasteiger partial charge in [-0.15, -0.1) is 0 Å². The van der Waals surface area contributed by atoms with Crippen molar-refractivity contribution in [2.75, 3.05) is 24.7 Å². The van der Waals surface area contributed by atoms with Crippen molar-refractivity contribution >= 4 is 5.69 Å². The summed E-state index contributed by atoms with van der Waals surface area (Å²) in [4.78, 5) is 6.56. The molecule has 0 radical (unpaired) electrons. The van der Waals surface area contributed by atoms with Gasteiger partial charge >= 0.3 is 0 Å². The smallest absolute Gasteiger partial charge is 0.100 e. The summed E-state index contributed by atoms with van der Waals surface area (Å²) in [5.74, 6) is 0. The molecular weight excluding hydrogens is 192 g/mol. The molecule has 1 N–H and O–H groups in total. The summed E-state index contributed by atoms with van der Waals surface area (Å²) >= 11 is 0. The first kappa shape index (κ1) is 9.12. The normalized spacial score (nSPS) is 29.5. The highest BCUT2D eigenvalue weighted by Gasteiger charge is 2.34. The van der Waals surface area contributed by atoms with Crippen molar-refractivity contribution in [3.63, 3.8) is 0 Å². The minimum atomic E-state index is -0.441. The molecule has 0 bridgehead atoms. The van der Waals surface area contributed by atoms with Crippen molar-refractivity contribution in [2.24, 2.45) is 0 Å².